The number of benzene rings is 3. The molecular formula is C19H18N6O. The summed E-state index contributed by atoms with van der Waals surface area (Å²) in [5, 5.41) is 22.1. The first-order valence-corrected chi connectivity index (χ1v) is 7.84. The van der Waals surface area contributed by atoms with E-state index >= 15 is 0 Å². The van der Waals surface area contributed by atoms with E-state index < -0.39 is 0 Å². The number of carbonyl (C=O) groups excluding carboxylic acids is 1. The summed E-state index contributed by atoms with van der Waals surface area (Å²) in [7, 11) is 0. The fourth-order valence-electron chi connectivity index (χ4n) is 2.70. The minimum Gasteiger partial charge on any atom is -0.384 e. The molecule has 0 fully saturated rings. The van der Waals surface area contributed by atoms with Gasteiger partial charge in [0.2, 0.25) is 0 Å². The summed E-state index contributed by atoms with van der Waals surface area (Å²) >= 11 is 0. The van der Waals surface area contributed by atoms with Gasteiger partial charge in [0.1, 0.15) is 5.84 Å². The molecule has 0 unspecified atom stereocenters. The normalized spacial score (nSPS) is 10.3. The molecular weight excluding hydrogens is 328 g/mol. The third kappa shape index (κ3) is 3.46. The van der Waals surface area contributed by atoms with Gasteiger partial charge in [0, 0.05) is 27.9 Å². The maximum atomic E-state index is 12.5. The van der Waals surface area contributed by atoms with Gasteiger partial charge < -0.3 is 22.1 Å². The van der Waals surface area contributed by atoms with Crippen molar-refractivity contribution in [2.24, 2.45) is 11.5 Å². The number of anilines is 2. The minimum atomic E-state index is -0.264. The van der Waals surface area contributed by atoms with Gasteiger partial charge in [-0.3, -0.25) is 15.6 Å². The summed E-state index contributed by atoms with van der Waals surface area (Å²) in [5.41, 5.74) is 13.3. The first-order valence-electron chi connectivity index (χ1n) is 7.84. The molecule has 0 heterocycles. The molecule has 0 aliphatic heterocycles. The quantitative estimate of drug-likeness (QED) is 0.319. The number of hydrogen-bond donors (Lipinski definition) is 6. The second-order valence-corrected chi connectivity index (χ2v) is 5.69. The molecule has 3 aromatic carbocycles. The number of nitrogens with two attached hydrogens (primary N) is 2. The monoisotopic (exact) mass is 346 g/mol. The molecule has 26 heavy (non-hydrogen) atoms. The van der Waals surface area contributed by atoms with E-state index in [2.05, 4.69) is 10.6 Å². The Kier molecular flexibility index (Phi) is 4.53. The van der Waals surface area contributed by atoms with Crippen LogP contribution in [0, 0.1) is 10.8 Å². The van der Waals surface area contributed by atoms with Crippen molar-refractivity contribution in [3.8, 4) is 0 Å². The van der Waals surface area contributed by atoms with Crippen molar-refractivity contribution in [2.45, 2.75) is 0 Å². The van der Waals surface area contributed by atoms with Crippen molar-refractivity contribution < 1.29 is 4.79 Å². The van der Waals surface area contributed by atoms with Gasteiger partial charge in [0.05, 0.1) is 0 Å². The maximum absolute atomic E-state index is 12.5. The van der Waals surface area contributed by atoms with Crippen molar-refractivity contribution in [3.63, 3.8) is 0 Å². The average Bonchev–Trinajstić information content (AvgIpc) is 2.61. The van der Waals surface area contributed by atoms with Gasteiger partial charge in [-0.15, -0.1) is 0 Å². The molecule has 0 spiro atoms. The highest BCUT2D eigenvalue weighted by molar-refractivity contribution is 6.14. The van der Waals surface area contributed by atoms with Gasteiger partial charge in [-0.1, -0.05) is 24.3 Å². The highest BCUT2D eigenvalue weighted by Crippen LogP contribution is 2.27. The molecule has 130 valence electrons. The van der Waals surface area contributed by atoms with Crippen LogP contribution in [0.25, 0.3) is 10.8 Å². The van der Waals surface area contributed by atoms with Crippen LogP contribution < -0.4 is 22.1 Å². The minimum absolute atomic E-state index is 0.0207. The van der Waals surface area contributed by atoms with Gasteiger partial charge in [-0.2, -0.15) is 0 Å². The van der Waals surface area contributed by atoms with Crippen molar-refractivity contribution in [3.05, 3.63) is 71.8 Å². The van der Waals surface area contributed by atoms with E-state index in [0.717, 1.165) is 10.8 Å². The topological polar surface area (TPSA) is 141 Å². The van der Waals surface area contributed by atoms with Crippen LogP contribution in [0.5, 0.6) is 0 Å². The van der Waals surface area contributed by atoms with Crippen LogP contribution in [0.1, 0.15) is 15.9 Å². The van der Waals surface area contributed by atoms with Crippen LogP contribution in [-0.2, 0) is 0 Å². The van der Waals surface area contributed by atoms with Gasteiger partial charge in [0.25, 0.3) is 5.91 Å². The highest BCUT2D eigenvalue weighted by Gasteiger charge is 2.11. The Hall–Kier alpha value is -3.87. The Balaban J connectivity index is 1.89. The second kappa shape index (κ2) is 6.94. The van der Waals surface area contributed by atoms with E-state index in [0.29, 0.717) is 22.5 Å². The molecule has 3 rings (SSSR count). The van der Waals surface area contributed by atoms with Crippen LogP contribution in [0.2, 0.25) is 0 Å². The van der Waals surface area contributed by atoms with Crippen LogP contribution in [0.4, 0.5) is 11.4 Å². The van der Waals surface area contributed by atoms with Crippen LogP contribution in [0.3, 0.4) is 0 Å². The molecule has 7 nitrogen and oxygen atoms in total. The zero-order chi connectivity index (χ0) is 18.7. The fraction of sp³-hybridized carbons (Fsp3) is 0. The van der Waals surface area contributed by atoms with Gasteiger partial charge in [-0.05, 0) is 41.8 Å². The molecule has 0 saturated heterocycles. The Labute approximate surface area is 150 Å². The number of hydrogen-bond acceptors (Lipinski definition) is 3. The molecule has 7 heteroatoms. The van der Waals surface area contributed by atoms with E-state index in [-0.39, 0.29) is 17.7 Å². The summed E-state index contributed by atoms with van der Waals surface area (Å²) < 4.78 is 0. The lowest BCUT2D eigenvalue weighted by Gasteiger charge is -2.12. The third-order valence-electron chi connectivity index (χ3n) is 3.89. The molecule has 0 aliphatic carbocycles. The molecule has 0 atom stereocenters. The second-order valence-electron chi connectivity index (χ2n) is 5.69. The van der Waals surface area contributed by atoms with Crippen molar-refractivity contribution in [2.75, 3.05) is 10.6 Å². The zero-order valence-corrected chi connectivity index (χ0v) is 13.8. The molecule has 0 saturated carbocycles. The summed E-state index contributed by atoms with van der Waals surface area (Å²) in [6.45, 7) is 0. The first kappa shape index (κ1) is 17.0. The van der Waals surface area contributed by atoms with E-state index in [1.54, 1.807) is 36.4 Å². The van der Waals surface area contributed by atoms with Crippen molar-refractivity contribution in [1.82, 2.24) is 0 Å². The lowest BCUT2D eigenvalue weighted by molar-refractivity contribution is 0.102. The predicted octanol–water partition coefficient (Wildman–Crippen LogP) is 2.68. The Morgan fingerprint density at radius 2 is 1.46 bits per heavy atom. The number of carbonyl (C=O) groups is 1. The molecule has 1 amide bonds. The molecule has 0 bridgehead atoms. The maximum Gasteiger partial charge on any atom is 0.255 e. The van der Waals surface area contributed by atoms with Gasteiger partial charge >= 0.3 is 0 Å². The number of amidine groups is 1. The standard InChI is InChI=1S/C19H18N6O/c20-17(21)15-9-10-16(14-4-2-1-3-13(14)15)25-18(26)11-5-7-12(8-6-11)24-19(22)23/h1-10H,(H3,20,21)(H,25,26)(H4,22,23,24). The smallest absolute Gasteiger partial charge is 0.255 e. The van der Waals surface area contributed by atoms with Gasteiger partial charge in [0.15, 0.2) is 5.96 Å². The van der Waals surface area contributed by atoms with Crippen LogP contribution in [-0.4, -0.2) is 17.7 Å². The fourth-order valence-corrected chi connectivity index (χ4v) is 2.70. The Bertz CT molecular complexity index is 1010. The number of nitrogens with one attached hydrogen (secondary N) is 4. The summed E-state index contributed by atoms with van der Waals surface area (Å²) in [4.78, 5) is 12.5. The SMILES string of the molecule is N=C(N)Nc1ccc(C(=O)Nc2ccc(C(=N)N)c3ccccc23)cc1. The summed E-state index contributed by atoms with van der Waals surface area (Å²) in [6.07, 6.45) is 0. The van der Waals surface area contributed by atoms with Crippen molar-refractivity contribution >= 4 is 39.8 Å². The van der Waals surface area contributed by atoms with Gasteiger partial charge in [-0.25, -0.2) is 0 Å². The number of rotatable bonds is 4. The van der Waals surface area contributed by atoms with E-state index in [4.69, 9.17) is 22.3 Å². The highest BCUT2D eigenvalue weighted by atomic mass is 16.1. The summed E-state index contributed by atoms with van der Waals surface area (Å²) in [6, 6.07) is 17.6. The van der Waals surface area contributed by atoms with Crippen LogP contribution in [0.15, 0.2) is 60.7 Å². The molecule has 0 radical (unpaired) electrons. The summed E-state index contributed by atoms with van der Waals surface area (Å²) in [5.74, 6) is -0.452. The molecule has 8 N–H and O–H groups in total. The number of nitrogen functional groups attached to an aromatic ring is 1. The van der Waals surface area contributed by atoms with E-state index in [9.17, 15) is 4.79 Å². The lowest BCUT2D eigenvalue weighted by Crippen LogP contribution is -2.20. The van der Waals surface area contributed by atoms with E-state index in [1.807, 2.05) is 24.3 Å². The third-order valence-corrected chi connectivity index (χ3v) is 3.89. The Morgan fingerprint density at radius 3 is 2.08 bits per heavy atom. The lowest BCUT2D eigenvalue weighted by atomic mass is 10.0. The van der Waals surface area contributed by atoms with Crippen LogP contribution >= 0.6 is 0 Å². The molecule has 0 aliphatic rings. The van der Waals surface area contributed by atoms with E-state index in [1.165, 1.54) is 0 Å². The Morgan fingerprint density at radius 1 is 0.808 bits per heavy atom. The number of guanidine groups is 1. The zero-order valence-electron chi connectivity index (χ0n) is 13.8. The number of amides is 1. The predicted molar refractivity (Wildman–Crippen MR) is 105 cm³/mol. The molecule has 0 aromatic heterocycles. The van der Waals surface area contributed by atoms with Crippen molar-refractivity contribution in [1.29, 1.82) is 10.8 Å². The molecule has 3 aromatic rings. The first-order chi connectivity index (χ1) is 12.5. The average molecular weight is 346 g/mol. The largest absolute Gasteiger partial charge is 0.384 e. The number of fused-ring (bicyclic) bond motifs is 1.